The number of hydrogen-bond acceptors (Lipinski definition) is 3. The maximum Gasteiger partial charge on any atom is 0.339 e. The largest absolute Gasteiger partial charge is 0.465 e. The molecular weight excluding hydrogens is 204 g/mol. The minimum Gasteiger partial charge on any atom is -0.465 e. The van der Waals surface area contributed by atoms with Crippen molar-refractivity contribution in [1.82, 2.24) is 0 Å². The molecule has 3 rings (SSSR count). The molecule has 1 aliphatic heterocycles. The molecule has 16 heavy (non-hydrogen) atoms. The molecule has 0 amide bonds. The third kappa shape index (κ3) is 1.41. The van der Waals surface area contributed by atoms with Crippen LogP contribution in [-0.4, -0.2) is 5.97 Å². The van der Waals surface area contributed by atoms with Crippen LogP contribution < -0.4 is 0 Å². The molecule has 3 heteroatoms. The van der Waals surface area contributed by atoms with Crippen molar-refractivity contribution in [3.05, 3.63) is 59.5 Å². The van der Waals surface area contributed by atoms with Crippen molar-refractivity contribution in [3.8, 4) is 0 Å². The number of carbonyl (C=O) groups excluding carboxylic acids is 1. The number of esters is 1. The lowest BCUT2D eigenvalue weighted by atomic mass is 9.98. The Morgan fingerprint density at radius 1 is 1.12 bits per heavy atom. The highest BCUT2D eigenvalue weighted by atomic mass is 16.6. The molecule has 0 unspecified atom stereocenters. The third-order valence-corrected chi connectivity index (χ3v) is 2.75. The summed E-state index contributed by atoms with van der Waals surface area (Å²) in [6.07, 6.45) is 1.97. The van der Waals surface area contributed by atoms with Crippen LogP contribution >= 0.6 is 0 Å². The highest BCUT2D eigenvalue weighted by Gasteiger charge is 2.28. The average molecular weight is 214 g/mol. The van der Waals surface area contributed by atoms with E-state index in [4.69, 9.17) is 9.15 Å². The molecule has 1 aromatic heterocycles. The van der Waals surface area contributed by atoms with E-state index in [1.165, 1.54) is 0 Å². The summed E-state index contributed by atoms with van der Waals surface area (Å²) in [5.41, 5.74) is 1.67. The lowest BCUT2D eigenvalue weighted by molar-refractivity contribution is 0.0199. The Bertz CT molecular complexity index is 514. The van der Waals surface area contributed by atoms with Gasteiger partial charge in [-0.1, -0.05) is 18.2 Å². The molecule has 0 saturated carbocycles. The van der Waals surface area contributed by atoms with Crippen LogP contribution in [0.25, 0.3) is 0 Å². The first-order valence-electron chi connectivity index (χ1n) is 5.17. The van der Waals surface area contributed by atoms with Gasteiger partial charge in [0, 0.05) is 6.42 Å². The lowest BCUT2D eigenvalue weighted by Gasteiger charge is -2.22. The molecule has 2 aromatic rings. The van der Waals surface area contributed by atoms with Crippen LogP contribution in [-0.2, 0) is 11.2 Å². The SMILES string of the molecule is O=C1O[C@@H](c2ccco2)Cc2ccccc21. The van der Waals surface area contributed by atoms with Gasteiger partial charge in [-0.25, -0.2) is 4.79 Å². The van der Waals surface area contributed by atoms with Gasteiger partial charge < -0.3 is 9.15 Å². The molecule has 1 aromatic carbocycles. The molecular formula is C13H10O3. The highest BCUT2D eigenvalue weighted by Crippen LogP contribution is 2.30. The zero-order chi connectivity index (χ0) is 11.0. The van der Waals surface area contributed by atoms with Gasteiger partial charge >= 0.3 is 5.97 Å². The first-order chi connectivity index (χ1) is 7.84. The minimum atomic E-state index is -0.294. The monoisotopic (exact) mass is 214 g/mol. The van der Waals surface area contributed by atoms with Crippen molar-refractivity contribution in [2.45, 2.75) is 12.5 Å². The standard InChI is InChI=1S/C13H10O3/c14-13-10-5-2-1-4-9(10)8-12(16-13)11-6-3-7-15-11/h1-7,12H,8H2/t12-/m1/s1. The molecule has 0 spiro atoms. The van der Waals surface area contributed by atoms with Crippen LogP contribution in [0.3, 0.4) is 0 Å². The van der Waals surface area contributed by atoms with Crippen molar-refractivity contribution < 1.29 is 13.9 Å². The molecule has 0 N–H and O–H groups in total. The second kappa shape index (κ2) is 3.52. The van der Waals surface area contributed by atoms with Crippen molar-refractivity contribution in [3.63, 3.8) is 0 Å². The maximum atomic E-state index is 11.7. The molecule has 1 atom stereocenters. The number of rotatable bonds is 1. The van der Waals surface area contributed by atoms with E-state index in [1.54, 1.807) is 18.4 Å². The van der Waals surface area contributed by atoms with Crippen molar-refractivity contribution >= 4 is 5.97 Å². The van der Waals surface area contributed by atoms with Crippen LogP contribution in [0, 0.1) is 0 Å². The second-order valence-corrected chi connectivity index (χ2v) is 3.77. The van der Waals surface area contributed by atoms with E-state index in [9.17, 15) is 4.79 Å². The zero-order valence-electron chi connectivity index (χ0n) is 8.55. The second-order valence-electron chi connectivity index (χ2n) is 3.77. The molecule has 0 bridgehead atoms. The number of cyclic esters (lactones) is 1. The Hall–Kier alpha value is -2.03. The summed E-state index contributed by atoms with van der Waals surface area (Å²) in [4.78, 5) is 11.7. The Morgan fingerprint density at radius 3 is 2.81 bits per heavy atom. The van der Waals surface area contributed by atoms with Crippen LogP contribution in [0.4, 0.5) is 0 Å². The molecule has 80 valence electrons. The van der Waals surface area contributed by atoms with Gasteiger partial charge in [-0.15, -0.1) is 0 Å². The molecule has 3 nitrogen and oxygen atoms in total. The summed E-state index contributed by atoms with van der Waals surface area (Å²) in [6.45, 7) is 0. The average Bonchev–Trinajstić information content (AvgIpc) is 2.82. The Labute approximate surface area is 92.6 Å². The number of carbonyl (C=O) groups is 1. The Morgan fingerprint density at radius 2 is 2.00 bits per heavy atom. The lowest BCUT2D eigenvalue weighted by Crippen LogP contribution is -2.21. The van der Waals surface area contributed by atoms with E-state index in [1.807, 2.05) is 24.3 Å². The number of benzene rings is 1. The van der Waals surface area contributed by atoms with E-state index in [0.29, 0.717) is 17.7 Å². The predicted molar refractivity (Wildman–Crippen MR) is 57.0 cm³/mol. The summed E-state index contributed by atoms with van der Waals surface area (Å²) in [5, 5.41) is 0. The van der Waals surface area contributed by atoms with Gasteiger partial charge in [0.1, 0.15) is 5.76 Å². The van der Waals surface area contributed by atoms with E-state index in [-0.39, 0.29) is 12.1 Å². The van der Waals surface area contributed by atoms with E-state index in [0.717, 1.165) is 5.56 Å². The minimum absolute atomic E-state index is 0.275. The van der Waals surface area contributed by atoms with Crippen molar-refractivity contribution in [2.24, 2.45) is 0 Å². The third-order valence-electron chi connectivity index (χ3n) is 2.75. The van der Waals surface area contributed by atoms with Gasteiger partial charge in [-0.3, -0.25) is 0 Å². The molecule has 0 fully saturated rings. The molecule has 0 radical (unpaired) electrons. The number of hydrogen-bond donors (Lipinski definition) is 0. The Kier molecular flexibility index (Phi) is 2.03. The fourth-order valence-electron chi connectivity index (χ4n) is 1.96. The first-order valence-corrected chi connectivity index (χ1v) is 5.17. The first kappa shape index (κ1) is 9.21. The summed E-state index contributed by atoms with van der Waals surface area (Å²) in [6, 6.07) is 11.1. The van der Waals surface area contributed by atoms with Gasteiger partial charge in [0.25, 0.3) is 0 Å². The normalized spacial score (nSPS) is 19.0. The number of fused-ring (bicyclic) bond motifs is 1. The van der Waals surface area contributed by atoms with Gasteiger partial charge in [0.15, 0.2) is 6.10 Å². The quantitative estimate of drug-likeness (QED) is 0.685. The molecule has 1 aliphatic rings. The van der Waals surface area contributed by atoms with Crippen LogP contribution in [0.15, 0.2) is 47.1 Å². The Balaban J connectivity index is 1.98. The molecule has 0 saturated heterocycles. The van der Waals surface area contributed by atoms with E-state index >= 15 is 0 Å². The predicted octanol–water partition coefficient (Wildman–Crippen LogP) is 2.73. The smallest absolute Gasteiger partial charge is 0.339 e. The topological polar surface area (TPSA) is 39.4 Å². The van der Waals surface area contributed by atoms with Crippen LogP contribution in [0.2, 0.25) is 0 Å². The summed E-state index contributed by atoms with van der Waals surface area (Å²) in [5.74, 6) is 0.422. The van der Waals surface area contributed by atoms with Gasteiger partial charge in [-0.05, 0) is 23.8 Å². The maximum absolute atomic E-state index is 11.7. The van der Waals surface area contributed by atoms with Crippen molar-refractivity contribution in [1.29, 1.82) is 0 Å². The van der Waals surface area contributed by atoms with Crippen molar-refractivity contribution in [2.75, 3.05) is 0 Å². The fraction of sp³-hybridized carbons (Fsp3) is 0.154. The number of ether oxygens (including phenoxy) is 1. The van der Waals surface area contributed by atoms with Gasteiger partial charge in [0.2, 0.25) is 0 Å². The summed E-state index contributed by atoms with van der Waals surface area (Å²) >= 11 is 0. The van der Waals surface area contributed by atoms with E-state index < -0.39 is 0 Å². The summed E-state index contributed by atoms with van der Waals surface area (Å²) in [7, 11) is 0. The van der Waals surface area contributed by atoms with E-state index in [2.05, 4.69) is 0 Å². The highest BCUT2D eigenvalue weighted by molar-refractivity contribution is 5.92. The van der Waals surface area contributed by atoms with Crippen LogP contribution in [0.5, 0.6) is 0 Å². The number of furan rings is 1. The molecule has 0 aliphatic carbocycles. The van der Waals surface area contributed by atoms with Gasteiger partial charge in [0.05, 0.1) is 11.8 Å². The molecule has 2 heterocycles. The van der Waals surface area contributed by atoms with Crippen LogP contribution in [0.1, 0.15) is 27.8 Å². The zero-order valence-corrected chi connectivity index (χ0v) is 8.55. The fourth-order valence-corrected chi connectivity index (χ4v) is 1.96. The van der Waals surface area contributed by atoms with Gasteiger partial charge in [-0.2, -0.15) is 0 Å². The summed E-state index contributed by atoms with van der Waals surface area (Å²) < 4.78 is 10.6.